The van der Waals surface area contributed by atoms with Crippen LogP contribution in [0.4, 0.5) is 11.5 Å². The molecule has 9 heteroatoms. The molecule has 8 nitrogen and oxygen atoms in total. The maximum absolute atomic E-state index is 11.4. The van der Waals surface area contributed by atoms with Crippen LogP contribution in [-0.2, 0) is 10.0 Å². The summed E-state index contributed by atoms with van der Waals surface area (Å²) < 4.78 is 24.6. The number of fused-ring (bicyclic) bond motifs is 1. The van der Waals surface area contributed by atoms with Gasteiger partial charge in [-0.05, 0) is 37.3 Å². The Hall–Kier alpha value is -2.65. The van der Waals surface area contributed by atoms with Crippen molar-refractivity contribution in [2.75, 3.05) is 36.0 Å². The molecule has 3 aromatic rings. The Kier molecular flexibility index (Phi) is 4.04. The average molecular weight is 372 g/mol. The van der Waals surface area contributed by atoms with Gasteiger partial charge in [-0.1, -0.05) is 0 Å². The van der Waals surface area contributed by atoms with Crippen LogP contribution >= 0.6 is 0 Å². The molecular formula is C17H20N6O2S. The Morgan fingerprint density at radius 3 is 2.35 bits per heavy atom. The summed E-state index contributed by atoms with van der Waals surface area (Å²) >= 11 is 0. The molecule has 1 saturated heterocycles. The summed E-state index contributed by atoms with van der Waals surface area (Å²) in [5, 5.41) is 9.59. The zero-order valence-electron chi connectivity index (χ0n) is 14.4. The van der Waals surface area contributed by atoms with Gasteiger partial charge in [0.15, 0.2) is 5.82 Å². The summed E-state index contributed by atoms with van der Waals surface area (Å²) in [4.78, 5) is 9.16. The smallest absolute Gasteiger partial charge is 0.238 e. The Labute approximate surface area is 151 Å². The van der Waals surface area contributed by atoms with Gasteiger partial charge in [0.05, 0.1) is 10.6 Å². The van der Waals surface area contributed by atoms with Crippen molar-refractivity contribution in [3.05, 3.63) is 48.4 Å². The number of aryl methyl sites for hydroxylation is 1. The summed E-state index contributed by atoms with van der Waals surface area (Å²) in [6.07, 6.45) is 3.63. The standard InChI is InChI=1S/C17H20N6O2S/c1-13-12-16-17(19-6-7-23(16)20-13)22-10-8-21(9-11-22)14-2-4-15(5-3-14)26(18,24)25/h2-7,12H,8-11H2,1H3,(H2,18,24,25). The van der Waals surface area contributed by atoms with Crippen LogP contribution in [-0.4, -0.2) is 49.2 Å². The zero-order chi connectivity index (χ0) is 18.3. The van der Waals surface area contributed by atoms with Crippen LogP contribution in [0.15, 0.2) is 47.6 Å². The minimum absolute atomic E-state index is 0.131. The largest absolute Gasteiger partial charge is 0.368 e. The molecule has 1 aromatic carbocycles. The van der Waals surface area contributed by atoms with Gasteiger partial charge in [0.25, 0.3) is 0 Å². The predicted octanol–water partition coefficient (Wildman–Crippen LogP) is 1.01. The maximum Gasteiger partial charge on any atom is 0.238 e. The minimum Gasteiger partial charge on any atom is -0.368 e. The SMILES string of the molecule is Cc1cc2c(N3CCN(c4ccc(S(N)(=O)=O)cc4)CC3)nccn2n1. The molecule has 1 fully saturated rings. The van der Waals surface area contributed by atoms with Gasteiger partial charge in [-0.3, -0.25) is 0 Å². The molecule has 1 aliphatic rings. The van der Waals surface area contributed by atoms with Crippen molar-refractivity contribution in [2.24, 2.45) is 5.14 Å². The van der Waals surface area contributed by atoms with Gasteiger partial charge in [-0.25, -0.2) is 23.1 Å². The molecule has 2 aromatic heterocycles. The molecule has 0 unspecified atom stereocenters. The van der Waals surface area contributed by atoms with E-state index >= 15 is 0 Å². The van der Waals surface area contributed by atoms with Gasteiger partial charge in [-0.2, -0.15) is 5.10 Å². The molecule has 0 atom stereocenters. The molecular weight excluding hydrogens is 352 g/mol. The lowest BCUT2D eigenvalue weighted by atomic mass is 10.2. The van der Waals surface area contributed by atoms with E-state index in [0.717, 1.165) is 48.9 Å². The Balaban J connectivity index is 1.50. The Morgan fingerprint density at radius 2 is 1.69 bits per heavy atom. The average Bonchev–Trinajstić information content (AvgIpc) is 3.01. The van der Waals surface area contributed by atoms with Crippen LogP contribution in [0.5, 0.6) is 0 Å². The normalized spacial score (nSPS) is 15.6. The lowest BCUT2D eigenvalue weighted by molar-refractivity contribution is 0.597. The van der Waals surface area contributed by atoms with E-state index in [2.05, 4.69) is 19.9 Å². The number of nitrogens with two attached hydrogens (primary N) is 1. The van der Waals surface area contributed by atoms with Gasteiger partial charge in [0.2, 0.25) is 10.0 Å². The first-order valence-electron chi connectivity index (χ1n) is 8.35. The highest BCUT2D eigenvalue weighted by atomic mass is 32.2. The molecule has 0 bridgehead atoms. The number of rotatable bonds is 3. The van der Waals surface area contributed by atoms with Crippen LogP contribution in [0.25, 0.3) is 5.52 Å². The van der Waals surface area contributed by atoms with Crippen LogP contribution in [0, 0.1) is 6.92 Å². The van der Waals surface area contributed by atoms with Crippen molar-refractivity contribution < 1.29 is 8.42 Å². The second-order valence-electron chi connectivity index (χ2n) is 6.38. The third kappa shape index (κ3) is 3.11. The molecule has 0 saturated carbocycles. The molecule has 0 amide bonds. The predicted molar refractivity (Wildman–Crippen MR) is 100.0 cm³/mol. The van der Waals surface area contributed by atoms with E-state index in [4.69, 9.17) is 5.14 Å². The first kappa shape index (κ1) is 16.8. The summed E-state index contributed by atoms with van der Waals surface area (Å²) in [6, 6.07) is 8.74. The molecule has 2 N–H and O–H groups in total. The van der Waals surface area contributed by atoms with Gasteiger partial charge in [-0.15, -0.1) is 0 Å². The fourth-order valence-electron chi connectivity index (χ4n) is 3.30. The quantitative estimate of drug-likeness (QED) is 0.737. The molecule has 0 radical (unpaired) electrons. The van der Waals surface area contributed by atoms with E-state index < -0.39 is 10.0 Å². The highest BCUT2D eigenvalue weighted by Gasteiger charge is 2.21. The number of piperazine rings is 1. The van der Waals surface area contributed by atoms with E-state index in [1.54, 1.807) is 30.5 Å². The highest BCUT2D eigenvalue weighted by Crippen LogP contribution is 2.23. The number of sulfonamides is 1. The van der Waals surface area contributed by atoms with E-state index in [0.29, 0.717) is 0 Å². The lowest BCUT2D eigenvalue weighted by Crippen LogP contribution is -2.47. The first-order valence-corrected chi connectivity index (χ1v) is 9.90. The van der Waals surface area contributed by atoms with Gasteiger partial charge in [0, 0.05) is 44.3 Å². The number of primary sulfonamides is 1. The molecule has 0 spiro atoms. The summed E-state index contributed by atoms with van der Waals surface area (Å²) in [6.45, 7) is 5.27. The lowest BCUT2D eigenvalue weighted by Gasteiger charge is -2.36. The summed E-state index contributed by atoms with van der Waals surface area (Å²) in [7, 11) is -3.66. The van der Waals surface area contributed by atoms with Crippen LogP contribution in [0.2, 0.25) is 0 Å². The fourth-order valence-corrected chi connectivity index (χ4v) is 3.81. The number of anilines is 2. The molecule has 3 heterocycles. The molecule has 26 heavy (non-hydrogen) atoms. The van der Waals surface area contributed by atoms with Crippen LogP contribution < -0.4 is 14.9 Å². The fraction of sp³-hybridized carbons (Fsp3) is 0.294. The topological polar surface area (TPSA) is 96.8 Å². The van der Waals surface area contributed by atoms with E-state index in [1.807, 2.05) is 23.7 Å². The first-order chi connectivity index (χ1) is 12.4. The van der Waals surface area contributed by atoms with Gasteiger partial charge >= 0.3 is 0 Å². The van der Waals surface area contributed by atoms with Gasteiger partial charge in [0.1, 0.15) is 5.52 Å². The maximum atomic E-state index is 11.4. The number of hydrogen-bond donors (Lipinski definition) is 1. The molecule has 136 valence electrons. The Morgan fingerprint density at radius 1 is 1.04 bits per heavy atom. The molecule has 4 rings (SSSR count). The Bertz CT molecular complexity index is 1040. The van der Waals surface area contributed by atoms with Crippen molar-refractivity contribution in [1.82, 2.24) is 14.6 Å². The van der Waals surface area contributed by atoms with Crippen molar-refractivity contribution in [2.45, 2.75) is 11.8 Å². The number of benzene rings is 1. The highest BCUT2D eigenvalue weighted by molar-refractivity contribution is 7.89. The van der Waals surface area contributed by atoms with E-state index in [-0.39, 0.29) is 4.90 Å². The van der Waals surface area contributed by atoms with Crippen molar-refractivity contribution >= 4 is 27.0 Å². The van der Waals surface area contributed by atoms with Crippen molar-refractivity contribution in [3.63, 3.8) is 0 Å². The van der Waals surface area contributed by atoms with Crippen LogP contribution in [0.1, 0.15) is 5.69 Å². The van der Waals surface area contributed by atoms with Gasteiger partial charge < -0.3 is 9.80 Å². The van der Waals surface area contributed by atoms with Crippen molar-refractivity contribution in [3.8, 4) is 0 Å². The third-order valence-corrected chi connectivity index (χ3v) is 5.53. The molecule has 0 aliphatic carbocycles. The third-order valence-electron chi connectivity index (χ3n) is 4.60. The number of hydrogen-bond acceptors (Lipinski definition) is 6. The zero-order valence-corrected chi connectivity index (χ0v) is 15.2. The second kappa shape index (κ2) is 6.26. The summed E-state index contributed by atoms with van der Waals surface area (Å²) in [5.74, 6) is 0.942. The monoisotopic (exact) mass is 372 g/mol. The molecule has 1 aliphatic heterocycles. The van der Waals surface area contributed by atoms with E-state index in [1.165, 1.54) is 0 Å². The second-order valence-corrected chi connectivity index (χ2v) is 7.94. The van der Waals surface area contributed by atoms with E-state index in [9.17, 15) is 8.42 Å². The van der Waals surface area contributed by atoms with Crippen molar-refractivity contribution in [1.29, 1.82) is 0 Å². The summed E-state index contributed by atoms with van der Waals surface area (Å²) in [5.41, 5.74) is 2.97. The number of nitrogens with zero attached hydrogens (tertiary/aromatic N) is 5. The minimum atomic E-state index is -3.66. The number of aromatic nitrogens is 3. The van der Waals surface area contributed by atoms with Crippen LogP contribution in [0.3, 0.4) is 0 Å².